The number of anilines is 1. The average molecular weight is 631 g/mol. The number of likely N-dealkylation sites (N-methyl/N-ethyl adjacent to an activating group) is 1. The number of rotatable bonds is 11. The Kier molecular flexibility index (Phi) is 8.31. The van der Waals surface area contributed by atoms with E-state index in [0.29, 0.717) is 21.1 Å². The first-order valence-corrected chi connectivity index (χ1v) is 15.4. The molecule has 0 radical (unpaired) electrons. The highest BCUT2D eigenvalue weighted by Gasteiger charge is 2.30. The number of benzene rings is 1. The number of aromatic nitrogens is 2. The molecule has 0 saturated carbocycles. The standard InChI is InChI=1S/C23H27IN4O3S3/c1-16(2)28(34(29,30)21-8-5-11-32-21)20-7-4-6-17-12-19(26-22(17)20)23-25-13-18(33-23)14-27(3)9-10-31-15-24/h4-8,11-13,16,26H,9-10,14-15H2,1-3H3. The highest BCUT2D eigenvalue weighted by Crippen LogP contribution is 2.36. The molecule has 0 fully saturated rings. The van der Waals surface area contributed by atoms with Crippen molar-refractivity contribution in [3.8, 4) is 10.7 Å². The first kappa shape index (κ1) is 25.6. The normalized spacial score (nSPS) is 12.3. The van der Waals surface area contributed by atoms with E-state index in [0.717, 1.165) is 39.6 Å². The molecular weight excluding hydrogens is 603 g/mol. The van der Waals surface area contributed by atoms with Gasteiger partial charge in [-0.15, -0.1) is 22.7 Å². The number of sulfonamides is 1. The molecule has 0 atom stereocenters. The van der Waals surface area contributed by atoms with Gasteiger partial charge in [0, 0.05) is 35.6 Å². The molecule has 0 bridgehead atoms. The number of hydrogen-bond acceptors (Lipinski definition) is 7. The van der Waals surface area contributed by atoms with Gasteiger partial charge in [0.05, 0.1) is 28.1 Å². The molecular formula is C23H27IN4O3S3. The predicted molar refractivity (Wildman–Crippen MR) is 150 cm³/mol. The van der Waals surface area contributed by atoms with Crippen molar-refractivity contribution in [3.63, 3.8) is 0 Å². The van der Waals surface area contributed by atoms with Gasteiger partial charge in [0.15, 0.2) is 0 Å². The number of H-pyrrole nitrogens is 1. The van der Waals surface area contributed by atoms with Gasteiger partial charge >= 0.3 is 0 Å². The molecule has 3 heterocycles. The Morgan fingerprint density at radius 3 is 2.76 bits per heavy atom. The van der Waals surface area contributed by atoms with Gasteiger partial charge in [-0.3, -0.25) is 9.21 Å². The lowest BCUT2D eigenvalue weighted by Gasteiger charge is -2.28. The van der Waals surface area contributed by atoms with E-state index in [1.807, 2.05) is 44.3 Å². The van der Waals surface area contributed by atoms with E-state index in [1.165, 1.54) is 15.6 Å². The molecule has 0 unspecified atom stereocenters. The van der Waals surface area contributed by atoms with Crippen LogP contribution in [0.25, 0.3) is 21.6 Å². The van der Waals surface area contributed by atoms with E-state index in [-0.39, 0.29) is 6.04 Å². The minimum Gasteiger partial charge on any atom is -0.370 e. The minimum atomic E-state index is -3.67. The van der Waals surface area contributed by atoms with E-state index >= 15 is 0 Å². The summed E-state index contributed by atoms with van der Waals surface area (Å²) < 4.78 is 34.9. The fourth-order valence-electron chi connectivity index (χ4n) is 3.76. The predicted octanol–water partition coefficient (Wildman–Crippen LogP) is 5.80. The minimum absolute atomic E-state index is 0.248. The van der Waals surface area contributed by atoms with E-state index in [9.17, 15) is 8.42 Å². The van der Waals surface area contributed by atoms with Crippen LogP contribution in [0.5, 0.6) is 0 Å². The summed E-state index contributed by atoms with van der Waals surface area (Å²) in [7, 11) is -1.60. The smallest absolute Gasteiger partial charge is 0.274 e. The summed E-state index contributed by atoms with van der Waals surface area (Å²) in [5.74, 6) is 0. The second-order valence-corrected chi connectivity index (χ2v) is 12.9. The topological polar surface area (TPSA) is 78.5 Å². The number of thiophene rings is 1. The molecule has 34 heavy (non-hydrogen) atoms. The molecule has 0 aliphatic carbocycles. The number of halogens is 1. The van der Waals surface area contributed by atoms with Gasteiger partial charge in [0.25, 0.3) is 10.0 Å². The Hall–Kier alpha value is -1.51. The van der Waals surface area contributed by atoms with Crippen molar-refractivity contribution in [3.05, 3.63) is 52.9 Å². The van der Waals surface area contributed by atoms with Crippen molar-refractivity contribution < 1.29 is 13.2 Å². The van der Waals surface area contributed by atoms with Gasteiger partial charge in [-0.2, -0.15) is 0 Å². The van der Waals surface area contributed by atoms with Gasteiger partial charge < -0.3 is 9.72 Å². The third-order valence-corrected chi connectivity index (χ3v) is 10.1. The van der Waals surface area contributed by atoms with Crippen LogP contribution < -0.4 is 4.31 Å². The summed E-state index contributed by atoms with van der Waals surface area (Å²) in [4.78, 5) is 11.5. The van der Waals surface area contributed by atoms with E-state index in [4.69, 9.17) is 4.74 Å². The Balaban J connectivity index is 1.64. The van der Waals surface area contributed by atoms with Gasteiger partial charge in [-0.1, -0.05) is 40.8 Å². The summed E-state index contributed by atoms with van der Waals surface area (Å²) in [5, 5.41) is 3.61. The lowest BCUT2D eigenvalue weighted by Crippen LogP contribution is -2.36. The summed E-state index contributed by atoms with van der Waals surface area (Å²) in [6.45, 7) is 6.14. The van der Waals surface area contributed by atoms with E-state index in [1.54, 1.807) is 28.8 Å². The van der Waals surface area contributed by atoms with Crippen molar-refractivity contribution in [2.45, 2.75) is 30.6 Å². The lowest BCUT2D eigenvalue weighted by atomic mass is 10.2. The quantitative estimate of drug-likeness (QED) is 0.129. The molecule has 0 saturated heterocycles. The fraction of sp³-hybridized carbons (Fsp3) is 0.348. The molecule has 0 aliphatic heterocycles. The molecule has 0 aliphatic rings. The largest absolute Gasteiger partial charge is 0.370 e. The summed E-state index contributed by atoms with van der Waals surface area (Å²) in [6, 6.07) is 10.9. The van der Waals surface area contributed by atoms with Gasteiger partial charge in [0.1, 0.15) is 9.22 Å². The molecule has 3 aromatic heterocycles. The SMILES string of the molecule is CC(C)N(c1cccc2cc(-c3ncc(CN(C)CCOCI)s3)[nH]c12)S(=O)(=O)c1cccs1. The zero-order valence-electron chi connectivity index (χ0n) is 19.2. The number of fused-ring (bicyclic) bond motifs is 1. The third kappa shape index (κ3) is 5.49. The summed E-state index contributed by atoms with van der Waals surface area (Å²) in [5.41, 5.74) is 2.31. The maximum absolute atomic E-state index is 13.5. The molecule has 4 rings (SSSR count). The summed E-state index contributed by atoms with van der Waals surface area (Å²) >= 11 is 5.07. The molecule has 7 nitrogen and oxygen atoms in total. The molecule has 0 spiro atoms. The summed E-state index contributed by atoms with van der Waals surface area (Å²) in [6.07, 6.45) is 1.91. The van der Waals surface area contributed by atoms with Crippen LogP contribution in [0, 0.1) is 0 Å². The van der Waals surface area contributed by atoms with Crippen molar-refractivity contribution in [2.75, 3.05) is 29.1 Å². The van der Waals surface area contributed by atoms with Crippen molar-refractivity contribution >= 4 is 71.9 Å². The van der Waals surface area contributed by atoms with E-state index < -0.39 is 10.0 Å². The molecule has 11 heteroatoms. The molecule has 0 amide bonds. The number of aromatic amines is 1. The van der Waals surface area contributed by atoms with Crippen LogP contribution >= 0.6 is 45.3 Å². The van der Waals surface area contributed by atoms with Gasteiger partial charge in [-0.25, -0.2) is 13.4 Å². The second-order valence-electron chi connectivity index (χ2n) is 8.14. The van der Waals surface area contributed by atoms with Crippen LogP contribution in [0.3, 0.4) is 0 Å². The average Bonchev–Trinajstić information content (AvgIpc) is 3.54. The number of nitrogens with zero attached hydrogens (tertiary/aromatic N) is 3. The Labute approximate surface area is 222 Å². The number of hydrogen-bond donors (Lipinski definition) is 1. The molecule has 182 valence electrons. The van der Waals surface area contributed by atoms with Crippen LogP contribution in [0.4, 0.5) is 5.69 Å². The monoisotopic (exact) mass is 630 g/mol. The molecule has 4 aromatic rings. The number of thiazole rings is 1. The van der Waals surface area contributed by atoms with Crippen LogP contribution in [0.15, 0.2) is 52.2 Å². The Morgan fingerprint density at radius 1 is 1.24 bits per heavy atom. The number of ether oxygens (including phenoxy) is 1. The maximum Gasteiger partial charge on any atom is 0.274 e. The lowest BCUT2D eigenvalue weighted by molar-refractivity contribution is 0.153. The zero-order valence-corrected chi connectivity index (χ0v) is 23.8. The number of alkyl halides is 1. The van der Waals surface area contributed by atoms with Crippen LogP contribution in [-0.2, 0) is 21.3 Å². The van der Waals surface area contributed by atoms with Gasteiger partial charge in [0.2, 0.25) is 0 Å². The number of para-hydroxylation sites is 1. The van der Waals surface area contributed by atoms with Crippen molar-refractivity contribution in [1.29, 1.82) is 0 Å². The first-order valence-electron chi connectivity index (χ1n) is 10.8. The van der Waals surface area contributed by atoms with Crippen molar-refractivity contribution in [2.24, 2.45) is 0 Å². The van der Waals surface area contributed by atoms with E-state index in [2.05, 4.69) is 44.5 Å². The van der Waals surface area contributed by atoms with Gasteiger partial charge in [-0.05, 0) is 44.5 Å². The zero-order chi connectivity index (χ0) is 24.3. The first-order chi connectivity index (χ1) is 16.3. The highest BCUT2D eigenvalue weighted by molar-refractivity contribution is 14.1. The highest BCUT2D eigenvalue weighted by atomic mass is 127. The Bertz CT molecular complexity index is 1330. The second kappa shape index (κ2) is 11.0. The maximum atomic E-state index is 13.5. The van der Waals surface area contributed by atoms with Crippen molar-refractivity contribution in [1.82, 2.24) is 14.9 Å². The van der Waals surface area contributed by atoms with Crippen LogP contribution in [0.2, 0.25) is 0 Å². The van der Waals surface area contributed by atoms with Crippen LogP contribution in [-0.4, -0.2) is 54.1 Å². The molecule has 1 N–H and O–H groups in total. The fourth-order valence-corrected chi connectivity index (χ4v) is 7.78. The molecule has 1 aromatic carbocycles. The van der Waals surface area contributed by atoms with Crippen LogP contribution in [0.1, 0.15) is 18.7 Å². The Morgan fingerprint density at radius 2 is 2.06 bits per heavy atom. The number of nitrogens with one attached hydrogen (secondary N) is 1. The third-order valence-electron chi connectivity index (χ3n) is 5.25.